The molecule has 1 aromatic heterocycles. The van der Waals surface area contributed by atoms with Crippen molar-refractivity contribution in [3.8, 4) is 0 Å². The van der Waals surface area contributed by atoms with Gasteiger partial charge in [0.2, 0.25) is 0 Å². The highest BCUT2D eigenvalue weighted by molar-refractivity contribution is 6.32. The smallest absolute Gasteiger partial charge is 0.257 e. The van der Waals surface area contributed by atoms with E-state index < -0.39 is 5.82 Å². The van der Waals surface area contributed by atoms with Gasteiger partial charge in [-0.05, 0) is 18.9 Å². The lowest BCUT2D eigenvalue weighted by Gasteiger charge is -2.23. The molecule has 19 heavy (non-hydrogen) atoms. The molecule has 0 spiro atoms. The molecule has 1 amide bonds. The minimum atomic E-state index is -0.564. The Balaban J connectivity index is 2.19. The Kier molecular flexibility index (Phi) is 4.71. The molecule has 0 aromatic carbocycles. The van der Waals surface area contributed by atoms with Crippen LogP contribution in [0.15, 0.2) is 12.3 Å². The first-order chi connectivity index (χ1) is 9.11. The molecule has 4 nitrogen and oxygen atoms in total. The molecule has 1 unspecified atom stereocenters. The number of amides is 1. The van der Waals surface area contributed by atoms with Crippen molar-refractivity contribution in [1.29, 1.82) is 0 Å². The van der Waals surface area contributed by atoms with Crippen LogP contribution in [-0.4, -0.2) is 41.6 Å². The lowest BCUT2D eigenvalue weighted by Crippen LogP contribution is -2.37. The lowest BCUT2D eigenvalue weighted by atomic mass is 10.2. The van der Waals surface area contributed by atoms with Crippen molar-refractivity contribution in [1.82, 2.24) is 9.88 Å². The summed E-state index contributed by atoms with van der Waals surface area (Å²) in [6.07, 6.45) is 2.62. The van der Waals surface area contributed by atoms with Crippen LogP contribution in [0.3, 0.4) is 0 Å². The molecule has 0 aliphatic carbocycles. The largest absolute Gasteiger partial charge is 0.376 e. The molecule has 1 aliphatic rings. The van der Waals surface area contributed by atoms with E-state index in [4.69, 9.17) is 16.3 Å². The highest BCUT2D eigenvalue weighted by Gasteiger charge is 2.24. The van der Waals surface area contributed by atoms with E-state index in [2.05, 4.69) is 4.98 Å². The van der Waals surface area contributed by atoms with Gasteiger partial charge in [0.05, 0.1) is 17.9 Å². The summed E-state index contributed by atoms with van der Waals surface area (Å²) >= 11 is 5.86. The van der Waals surface area contributed by atoms with Gasteiger partial charge in [-0.15, -0.1) is 0 Å². The number of hydrogen-bond acceptors (Lipinski definition) is 3. The van der Waals surface area contributed by atoms with Crippen molar-refractivity contribution in [2.75, 3.05) is 19.7 Å². The van der Waals surface area contributed by atoms with Crippen LogP contribution >= 0.6 is 11.6 Å². The van der Waals surface area contributed by atoms with Crippen LogP contribution in [0, 0.1) is 5.82 Å². The number of hydrogen-bond donors (Lipinski definition) is 0. The summed E-state index contributed by atoms with van der Waals surface area (Å²) in [5, 5.41) is 0.0320. The fourth-order valence-corrected chi connectivity index (χ4v) is 2.25. The van der Waals surface area contributed by atoms with E-state index in [9.17, 15) is 9.18 Å². The van der Waals surface area contributed by atoms with Crippen LogP contribution < -0.4 is 0 Å². The topological polar surface area (TPSA) is 42.4 Å². The first kappa shape index (κ1) is 14.2. The molecule has 0 bridgehead atoms. The molecule has 1 fully saturated rings. The van der Waals surface area contributed by atoms with Gasteiger partial charge in [-0.3, -0.25) is 4.79 Å². The number of carbonyl (C=O) groups excluding carboxylic acids is 1. The second kappa shape index (κ2) is 6.30. The molecule has 1 aromatic rings. The van der Waals surface area contributed by atoms with E-state index in [0.29, 0.717) is 19.7 Å². The molecular weight excluding hydrogens is 271 g/mol. The Morgan fingerprint density at radius 3 is 3.21 bits per heavy atom. The molecule has 2 rings (SSSR count). The van der Waals surface area contributed by atoms with E-state index in [1.807, 2.05) is 6.92 Å². The van der Waals surface area contributed by atoms with Crippen LogP contribution in [0.4, 0.5) is 4.39 Å². The maximum Gasteiger partial charge on any atom is 0.257 e. The summed E-state index contributed by atoms with van der Waals surface area (Å²) in [5.41, 5.74) is 0.110. The Morgan fingerprint density at radius 2 is 2.47 bits per heavy atom. The van der Waals surface area contributed by atoms with Crippen molar-refractivity contribution in [3.63, 3.8) is 0 Å². The molecule has 104 valence electrons. The average molecular weight is 287 g/mol. The van der Waals surface area contributed by atoms with Gasteiger partial charge >= 0.3 is 0 Å². The third-order valence-corrected chi connectivity index (χ3v) is 3.43. The van der Waals surface area contributed by atoms with Crippen LogP contribution in [0.25, 0.3) is 0 Å². The van der Waals surface area contributed by atoms with Crippen molar-refractivity contribution >= 4 is 17.5 Å². The molecule has 1 saturated heterocycles. The van der Waals surface area contributed by atoms with Gasteiger partial charge in [-0.25, -0.2) is 9.37 Å². The maximum absolute atomic E-state index is 13.2. The van der Waals surface area contributed by atoms with Crippen LogP contribution in [-0.2, 0) is 4.74 Å². The molecule has 6 heteroatoms. The standard InChI is InChI=1S/C13H16ClFN2O2/c1-2-10-8-17(4-3-5-19-10)13(18)11-6-9(15)7-16-12(11)14/h6-7,10H,2-5,8H2,1H3. The highest BCUT2D eigenvalue weighted by Crippen LogP contribution is 2.18. The first-order valence-electron chi connectivity index (χ1n) is 6.33. The van der Waals surface area contributed by atoms with Crippen molar-refractivity contribution in [2.45, 2.75) is 25.9 Å². The Hall–Kier alpha value is -1.20. The highest BCUT2D eigenvalue weighted by atomic mass is 35.5. The predicted molar refractivity (Wildman–Crippen MR) is 69.8 cm³/mol. The molecule has 2 heterocycles. The quantitative estimate of drug-likeness (QED) is 0.785. The summed E-state index contributed by atoms with van der Waals surface area (Å²) in [6.45, 7) is 3.73. The van der Waals surface area contributed by atoms with Crippen LogP contribution in [0.2, 0.25) is 5.15 Å². The number of aromatic nitrogens is 1. The lowest BCUT2D eigenvalue weighted by molar-refractivity contribution is 0.0460. The minimum absolute atomic E-state index is 0.0201. The van der Waals surface area contributed by atoms with Crippen molar-refractivity contribution < 1.29 is 13.9 Å². The summed E-state index contributed by atoms with van der Waals surface area (Å²) in [7, 11) is 0. The van der Waals surface area contributed by atoms with Gasteiger partial charge in [0.15, 0.2) is 0 Å². The fourth-order valence-electron chi connectivity index (χ4n) is 2.07. The first-order valence-corrected chi connectivity index (χ1v) is 6.71. The van der Waals surface area contributed by atoms with E-state index in [0.717, 1.165) is 25.1 Å². The Morgan fingerprint density at radius 1 is 1.68 bits per heavy atom. The van der Waals surface area contributed by atoms with E-state index in [1.54, 1.807) is 4.90 Å². The monoisotopic (exact) mass is 286 g/mol. The second-order valence-corrected chi connectivity index (χ2v) is 4.86. The van der Waals surface area contributed by atoms with E-state index in [1.165, 1.54) is 0 Å². The van der Waals surface area contributed by atoms with Crippen molar-refractivity contribution in [2.24, 2.45) is 0 Å². The number of halogens is 2. The normalized spacial score (nSPS) is 20.2. The van der Waals surface area contributed by atoms with Gasteiger partial charge in [-0.2, -0.15) is 0 Å². The number of pyridine rings is 1. The van der Waals surface area contributed by atoms with E-state index in [-0.39, 0.29) is 22.7 Å². The van der Waals surface area contributed by atoms with Gasteiger partial charge in [0.25, 0.3) is 5.91 Å². The zero-order chi connectivity index (χ0) is 13.8. The number of carbonyl (C=O) groups is 1. The number of ether oxygens (including phenoxy) is 1. The number of rotatable bonds is 2. The third kappa shape index (κ3) is 3.42. The molecule has 1 aliphatic heterocycles. The molecule has 1 atom stereocenters. The zero-order valence-corrected chi connectivity index (χ0v) is 11.5. The fraction of sp³-hybridized carbons (Fsp3) is 0.538. The van der Waals surface area contributed by atoms with Gasteiger partial charge < -0.3 is 9.64 Å². The van der Waals surface area contributed by atoms with Gasteiger partial charge in [0, 0.05) is 19.7 Å². The molecule has 0 N–H and O–H groups in total. The van der Waals surface area contributed by atoms with Crippen LogP contribution in [0.1, 0.15) is 30.1 Å². The number of nitrogens with zero attached hydrogens (tertiary/aromatic N) is 2. The minimum Gasteiger partial charge on any atom is -0.376 e. The second-order valence-electron chi connectivity index (χ2n) is 4.50. The SMILES string of the molecule is CCC1CN(C(=O)c2cc(F)cnc2Cl)CCCO1. The Labute approximate surface area is 116 Å². The van der Waals surface area contributed by atoms with Crippen molar-refractivity contribution in [3.05, 3.63) is 28.8 Å². The van der Waals surface area contributed by atoms with Gasteiger partial charge in [0.1, 0.15) is 11.0 Å². The predicted octanol–water partition coefficient (Wildman–Crippen LogP) is 2.52. The van der Waals surface area contributed by atoms with Crippen LogP contribution in [0.5, 0.6) is 0 Å². The van der Waals surface area contributed by atoms with Gasteiger partial charge in [-0.1, -0.05) is 18.5 Å². The third-order valence-electron chi connectivity index (χ3n) is 3.13. The van der Waals surface area contributed by atoms with E-state index >= 15 is 0 Å². The molecular formula is C13H16ClFN2O2. The summed E-state index contributed by atoms with van der Waals surface area (Å²) in [6, 6.07) is 1.13. The summed E-state index contributed by atoms with van der Waals surface area (Å²) in [4.78, 5) is 17.7. The summed E-state index contributed by atoms with van der Waals surface area (Å²) in [5.74, 6) is -0.855. The maximum atomic E-state index is 13.2. The molecule has 0 saturated carbocycles. The zero-order valence-electron chi connectivity index (χ0n) is 10.7. The average Bonchev–Trinajstić information content (AvgIpc) is 2.66. The Bertz CT molecular complexity index is 470. The molecule has 0 radical (unpaired) electrons. The summed E-state index contributed by atoms with van der Waals surface area (Å²) < 4.78 is 18.8.